The zero-order chi connectivity index (χ0) is 27.5. The number of aromatic nitrogens is 2. The van der Waals surface area contributed by atoms with Crippen molar-refractivity contribution in [2.75, 3.05) is 51.0 Å². The molecular weight excluding hydrogens is 484 g/mol. The third kappa shape index (κ3) is 7.41. The monoisotopic (exact) mass is 524 g/mol. The van der Waals surface area contributed by atoms with Crippen molar-refractivity contribution in [3.63, 3.8) is 0 Å². The highest BCUT2D eigenvalue weighted by molar-refractivity contribution is 5.98. The minimum Gasteiger partial charge on any atom is -0.465 e. The molecule has 2 aromatic rings. The van der Waals surface area contributed by atoms with Crippen LogP contribution in [0.1, 0.15) is 67.5 Å². The second-order valence-corrected chi connectivity index (χ2v) is 9.55. The van der Waals surface area contributed by atoms with E-state index in [1.807, 2.05) is 10.6 Å². The van der Waals surface area contributed by atoms with Crippen LogP contribution in [0, 0.1) is 0 Å². The Morgan fingerprint density at radius 1 is 1.24 bits per heavy atom. The van der Waals surface area contributed by atoms with E-state index >= 15 is 0 Å². The maximum Gasteiger partial charge on any atom is 0.411 e. The van der Waals surface area contributed by atoms with Crippen molar-refractivity contribution in [3.05, 3.63) is 35.7 Å². The number of hydrogen-bond acceptors (Lipinski definition) is 6. The maximum absolute atomic E-state index is 13.0. The van der Waals surface area contributed by atoms with Crippen LogP contribution in [0.5, 0.6) is 0 Å². The Bertz CT molecular complexity index is 1120. The molecular formula is C27H40N8O3. The summed E-state index contributed by atoms with van der Waals surface area (Å²) in [5, 5.41) is 16.0. The molecule has 11 nitrogen and oxygen atoms in total. The molecule has 0 aliphatic heterocycles. The van der Waals surface area contributed by atoms with Crippen molar-refractivity contribution in [2.45, 2.75) is 51.5 Å². The molecule has 0 atom stereocenters. The Labute approximate surface area is 224 Å². The lowest BCUT2D eigenvalue weighted by Gasteiger charge is -2.20. The Morgan fingerprint density at radius 3 is 2.61 bits per heavy atom. The highest BCUT2D eigenvalue weighted by Crippen LogP contribution is 2.37. The molecule has 1 aliphatic rings. The number of nitrogens with zero attached hydrogens (tertiary/aromatic N) is 6. The van der Waals surface area contributed by atoms with Gasteiger partial charge in [-0.3, -0.25) is 14.7 Å². The lowest BCUT2D eigenvalue weighted by Crippen LogP contribution is -2.32. The van der Waals surface area contributed by atoms with E-state index < -0.39 is 6.09 Å². The molecule has 1 saturated carbocycles. The lowest BCUT2D eigenvalue weighted by molar-refractivity contribution is 0.0815. The molecule has 11 heteroatoms. The Hall–Kier alpha value is -3.73. The van der Waals surface area contributed by atoms with Crippen LogP contribution in [0.4, 0.5) is 22.1 Å². The van der Waals surface area contributed by atoms with Crippen LogP contribution >= 0.6 is 0 Å². The van der Waals surface area contributed by atoms with Gasteiger partial charge in [0.1, 0.15) is 17.3 Å². The van der Waals surface area contributed by atoms with Crippen LogP contribution in [-0.4, -0.2) is 84.9 Å². The number of carbonyl (C=O) groups excluding carboxylic acids is 1. The number of nitrogens with one attached hydrogen (secondary N) is 2. The largest absolute Gasteiger partial charge is 0.465 e. The third-order valence-electron chi connectivity index (χ3n) is 6.47. The van der Waals surface area contributed by atoms with Crippen LogP contribution in [-0.2, 0) is 0 Å². The topological polar surface area (TPSA) is 127 Å². The summed E-state index contributed by atoms with van der Waals surface area (Å²) in [6, 6.07) is 5.50. The summed E-state index contributed by atoms with van der Waals surface area (Å²) >= 11 is 0. The summed E-state index contributed by atoms with van der Waals surface area (Å²) in [4.78, 5) is 40.8. The van der Waals surface area contributed by atoms with Gasteiger partial charge in [0.15, 0.2) is 0 Å². The van der Waals surface area contributed by atoms with Gasteiger partial charge in [0, 0.05) is 45.5 Å². The van der Waals surface area contributed by atoms with Gasteiger partial charge >= 0.3 is 6.09 Å². The fourth-order valence-corrected chi connectivity index (χ4v) is 4.62. The average Bonchev–Trinajstić information content (AvgIpc) is 3.54. The van der Waals surface area contributed by atoms with Gasteiger partial charge in [-0.1, -0.05) is 19.8 Å². The number of pyridine rings is 1. The third-order valence-corrected chi connectivity index (χ3v) is 6.47. The van der Waals surface area contributed by atoms with Crippen LogP contribution < -0.4 is 15.5 Å². The number of rotatable bonds is 13. The molecule has 206 valence electrons. The van der Waals surface area contributed by atoms with Gasteiger partial charge in [0.05, 0.1) is 18.2 Å². The summed E-state index contributed by atoms with van der Waals surface area (Å²) < 4.78 is 2.04. The van der Waals surface area contributed by atoms with Crippen LogP contribution in [0.2, 0.25) is 0 Å². The summed E-state index contributed by atoms with van der Waals surface area (Å²) in [7, 11) is 5.19. The molecule has 38 heavy (non-hydrogen) atoms. The molecule has 2 heterocycles. The molecule has 0 bridgehead atoms. The quantitative estimate of drug-likeness (QED) is 0.203. The summed E-state index contributed by atoms with van der Waals surface area (Å²) in [5.74, 6) is 1.13. The first-order valence-electron chi connectivity index (χ1n) is 13.2. The normalized spacial score (nSPS) is 14.0. The van der Waals surface area contributed by atoms with Crippen molar-refractivity contribution in [2.24, 2.45) is 9.98 Å². The molecule has 0 radical (unpaired) electrons. The number of hydrogen-bond donors (Lipinski definition) is 3. The molecule has 0 unspecified atom stereocenters. The summed E-state index contributed by atoms with van der Waals surface area (Å²) in [5.41, 5.74) is 1.89. The first-order chi connectivity index (χ1) is 18.4. The Morgan fingerprint density at radius 2 is 2.00 bits per heavy atom. The van der Waals surface area contributed by atoms with E-state index in [1.54, 1.807) is 50.7 Å². The van der Waals surface area contributed by atoms with Crippen LogP contribution in [0.3, 0.4) is 0 Å². The molecule has 3 N–H and O–H groups in total. The van der Waals surface area contributed by atoms with Gasteiger partial charge in [-0.15, -0.1) is 0 Å². The second-order valence-electron chi connectivity index (χ2n) is 9.55. The fraction of sp³-hybridized carbons (Fsp3) is 0.519. The molecule has 0 aromatic carbocycles. The average molecular weight is 525 g/mol. The van der Waals surface area contributed by atoms with Gasteiger partial charge in [0.2, 0.25) is 0 Å². The number of amides is 2. The van der Waals surface area contributed by atoms with Gasteiger partial charge in [-0.05, 0) is 57.0 Å². The Balaban J connectivity index is 1.77. The fourth-order valence-electron chi connectivity index (χ4n) is 4.62. The molecule has 2 aromatic heterocycles. The molecule has 2 amide bonds. The number of aliphatic imine (C=N–C) groups is 2. The van der Waals surface area contributed by atoms with Crippen molar-refractivity contribution >= 4 is 41.9 Å². The van der Waals surface area contributed by atoms with E-state index in [4.69, 9.17) is 4.99 Å². The summed E-state index contributed by atoms with van der Waals surface area (Å²) in [6.45, 7) is 4.16. The molecule has 1 fully saturated rings. The van der Waals surface area contributed by atoms with Crippen molar-refractivity contribution < 1.29 is 14.7 Å². The highest BCUT2D eigenvalue weighted by Gasteiger charge is 2.27. The highest BCUT2D eigenvalue weighted by atomic mass is 16.4. The standard InChI is InChI=1S/C27H40N8O3/c1-5-13-29-14-8-15-34(27(37)38)22-11-12-24(30-18-22)31-19-32-25-20(17-28-2)16-23(26(36)33(3)4)35(25)21-9-6-7-10-21/h11-12,16-19,21,29H,5-10,13-15H2,1-4H3,(H,37,38)(H,30,31,32). The smallest absolute Gasteiger partial charge is 0.411 e. The molecule has 0 saturated heterocycles. The number of carbonyl (C=O) groups is 2. The molecule has 1 aliphatic carbocycles. The van der Waals surface area contributed by atoms with E-state index in [0.29, 0.717) is 36.0 Å². The number of carboxylic acid groups (broad SMARTS) is 1. The first kappa shape index (κ1) is 28.8. The van der Waals surface area contributed by atoms with Crippen molar-refractivity contribution in [1.82, 2.24) is 19.8 Å². The van der Waals surface area contributed by atoms with Gasteiger partial charge in [-0.25, -0.2) is 14.8 Å². The van der Waals surface area contributed by atoms with Crippen molar-refractivity contribution in [3.8, 4) is 0 Å². The van der Waals surface area contributed by atoms with E-state index in [9.17, 15) is 14.7 Å². The SMILES string of the molecule is CCCNCCCN(C(=O)O)c1ccc(N/C=N/c2c(C=NC)cc(C(=O)N(C)C)n2C2CCCC2)nc1. The van der Waals surface area contributed by atoms with E-state index in [-0.39, 0.29) is 11.9 Å². The second kappa shape index (κ2) is 14.3. The molecule has 3 rings (SSSR count). The summed E-state index contributed by atoms with van der Waals surface area (Å²) in [6.07, 6.45) is 9.79. The molecule has 0 spiro atoms. The van der Waals surface area contributed by atoms with Crippen LogP contribution in [0.15, 0.2) is 34.4 Å². The predicted molar refractivity (Wildman–Crippen MR) is 153 cm³/mol. The van der Waals surface area contributed by atoms with Crippen molar-refractivity contribution in [1.29, 1.82) is 0 Å². The first-order valence-corrected chi connectivity index (χ1v) is 13.2. The Kier molecular flexibility index (Phi) is 10.8. The zero-order valence-electron chi connectivity index (χ0n) is 22.9. The predicted octanol–water partition coefficient (Wildman–Crippen LogP) is 4.39. The number of anilines is 2. The maximum atomic E-state index is 13.0. The van der Waals surface area contributed by atoms with Gasteiger partial charge in [-0.2, -0.15) is 0 Å². The van der Waals surface area contributed by atoms with Gasteiger partial charge < -0.3 is 25.2 Å². The van der Waals surface area contributed by atoms with E-state index in [1.165, 1.54) is 11.1 Å². The minimum absolute atomic E-state index is 0.0709. The lowest BCUT2D eigenvalue weighted by atomic mass is 10.2. The van der Waals surface area contributed by atoms with E-state index in [0.717, 1.165) is 50.8 Å². The minimum atomic E-state index is -1.01. The van der Waals surface area contributed by atoms with Gasteiger partial charge in [0.25, 0.3) is 5.91 Å². The van der Waals surface area contributed by atoms with E-state index in [2.05, 4.69) is 27.5 Å². The zero-order valence-corrected chi connectivity index (χ0v) is 22.9. The van der Waals surface area contributed by atoms with Crippen LogP contribution in [0.25, 0.3) is 0 Å².